The Bertz CT molecular complexity index is 653. The Balaban J connectivity index is 1.94. The molecule has 23 heavy (non-hydrogen) atoms. The third kappa shape index (κ3) is 4.69. The highest BCUT2D eigenvalue weighted by atomic mass is 32.2. The second kappa shape index (κ2) is 7.65. The molecule has 1 N–H and O–H groups in total. The van der Waals surface area contributed by atoms with Gasteiger partial charge in [-0.1, -0.05) is 25.6 Å². The van der Waals surface area contributed by atoms with Crippen molar-refractivity contribution >= 4 is 27.5 Å². The number of carbonyl (C=O) groups is 1. The number of nitrogens with one attached hydrogen (secondary N) is 1. The van der Waals surface area contributed by atoms with Gasteiger partial charge in [0.05, 0.1) is 17.3 Å². The average molecular weight is 361 g/mol. The van der Waals surface area contributed by atoms with Crippen molar-refractivity contribution in [1.82, 2.24) is 20.1 Å². The van der Waals surface area contributed by atoms with Crippen LogP contribution in [0.25, 0.3) is 0 Å². The van der Waals surface area contributed by atoms with Crippen molar-refractivity contribution in [3.63, 3.8) is 0 Å². The Kier molecular flexibility index (Phi) is 6.07. The highest BCUT2D eigenvalue weighted by Crippen LogP contribution is 2.29. The smallest absolute Gasteiger partial charge is 0.230 e. The van der Waals surface area contributed by atoms with E-state index in [-0.39, 0.29) is 35.1 Å². The first-order chi connectivity index (χ1) is 10.9. The Labute approximate surface area is 141 Å². The minimum atomic E-state index is -2.95. The lowest BCUT2D eigenvalue weighted by Gasteiger charge is -2.14. The van der Waals surface area contributed by atoms with Crippen molar-refractivity contribution in [2.45, 2.75) is 50.2 Å². The van der Waals surface area contributed by atoms with Crippen LogP contribution in [-0.4, -0.2) is 52.4 Å². The van der Waals surface area contributed by atoms with Crippen LogP contribution in [0.3, 0.4) is 0 Å². The van der Waals surface area contributed by atoms with E-state index >= 15 is 0 Å². The van der Waals surface area contributed by atoms with E-state index < -0.39 is 9.84 Å². The quantitative estimate of drug-likeness (QED) is 0.732. The summed E-state index contributed by atoms with van der Waals surface area (Å²) < 4.78 is 25.0. The van der Waals surface area contributed by atoms with Crippen LogP contribution in [0, 0.1) is 0 Å². The number of sulfone groups is 1. The highest BCUT2D eigenvalue weighted by molar-refractivity contribution is 7.99. The monoisotopic (exact) mass is 360 g/mol. The third-order valence-corrected chi connectivity index (χ3v) is 6.94. The summed E-state index contributed by atoms with van der Waals surface area (Å²) in [6.07, 6.45) is 2.42. The SMILES string of the molecule is CCC(CC)NC(=O)CSc1nnc([C@H]2CCS(=O)(=O)C2)n1C. The molecule has 0 aliphatic carbocycles. The Morgan fingerprint density at radius 1 is 1.39 bits per heavy atom. The van der Waals surface area contributed by atoms with Crippen LogP contribution in [0.5, 0.6) is 0 Å². The molecule has 0 radical (unpaired) electrons. The van der Waals surface area contributed by atoms with Crippen LogP contribution in [0.2, 0.25) is 0 Å². The minimum absolute atomic E-state index is 0.0169. The molecule has 1 fully saturated rings. The van der Waals surface area contributed by atoms with Gasteiger partial charge in [0.2, 0.25) is 5.91 Å². The average Bonchev–Trinajstić information content (AvgIpc) is 3.05. The molecular formula is C14H24N4O3S2. The number of amides is 1. The Morgan fingerprint density at radius 2 is 2.09 bits per heavy atom. The molecule has 1 aliphatic heterocycles. The molecule has 0 saturated carbocycles. The summed E-state index contributed by atoms with van der Waals surface area (Å²) in [5.74, 6) is 1.21. The van der Waals surface area contributed by atoms with Crippen molar-refractivity contribution in [2.75, 3.05) is 17.3 Å². The van der Waals surface area contributed by atoms with Gasteiger partial charge in [0.15, 0.2) is 15.0 Å². The van der Waals surface area contributed by atoms with Gasteiger partial charge in [-0.2, -0.15) is 0 Å². The van der Waals surface area contributed by atoms with Gasteiger partial charge in [0.25, 0.3) is 0 Å². The summed E-state index contributed by atoms with van der Waals surface area (Å²) >= 11 is 1.33. The van der Waals surface area contributed by atoms with Crippen LogP contribution < -0.4 is 5.32 Å². The fraction of sp³-hybridized carbons (Fsp3) is 0.786. The zero-order chi connectivity index (χ0) is 17.0. The van der Waals surface area contributed by atoms with E-state index in [1.165, 1.54) is 11.8 Å². The van der Waals surface area contributed by atoms with Crippen molar-refractivity contribution < 1.29 is 13.2 Å². The van der Waals surface area contributed by atoms with Crippen molar-refractivity contribution in [2.24, 2.45) is 7.05 Å². The summed E-state index contributed by atoms with van der Waals surface area (Å²) in [5.41, 5.74) is 0. The van der Waals surface area contributed by atoms with Gasteiger partial charge < -0.3 is 9.88 Å². The second-order valence-electron chi connectivity index (χ2n) is 5.87. The topological polar surface area (TPSA) is 94.0 Å². The van der Waals surface area contributed by atoms with E-state index in [0.29, 0.717) is 17.4 Å². The van der Waals surface area contributed by atoms with Crippen molar-refractivity contribution in [1.29, 1.82) is 0 Å². The van der Waals surface area contributed by atoms with E-state index in [1.807, 2.05) is 20.9 Å². The summed E-state index contributed by atoms with van der Waals surface area (Å²) in [5, 5.41) is 11.9. The molecule has 2 rings (SSSR count). The molecule has 0 spiro atoms. The number of rotatable bonds is 7. The van der Waals surface area contributed by atoms with Gasteiger partial charge in [-0.05, 0) is 19.3 Å². The Morgan fingerprint density at radius 3 is 2.65 bits per heavy atom. The number of hydrogen-bond acceptors (Lipinski definition) is 6. The Hall–Kier alpha value is -1.09. The highest BCUT2D eigenvalue weighted by Gasteiger charge is 2.32. The lowest BCUT2D eigenvalue weighted by Crippen LogP contribution is -2.35. The molecule has 2 heterocycles. The van der Waals surface area contributed by atoms with Crippen molar-refractivity contribution in [3.05, 3.63) is 5.82 Å². The first-order valence-electron chi connectivity index (χ1n) is 7.88. The third-order valence-electron chi connectivity index (χ3n) is 4.15. The molecule has 9 heteroatoms. The molecular weight excluding hydrogens is 336 g/mol. The molecule has 0 unspecified atom stereocenters. The first kappa shape index (κ1) is 18.3. The zero-order valence-corrected chi connectivity index (χ0v) is 15.4. The lowest BCUT2D eigenvalue weighted by atomic mass is 10.1. The summed E-state index contributed by atoms with van der Waals surface area (Å²) in [7, 11) is -1.13. The minimum Gasteiger partial charge on any atom is -0.353 e. The maximum Gasteiger partial charge on any atom is 0.230 e. The standard InChI is InChI=1S/C14H24N4O3S2/c1-4-11(5-2)15-12(19)8-22-14-17-16-13(18(14)3)10-6-7-23(20,21)9-10/h10-11H,4-9H2,1-3H3,(H,15,19)/t10-/m0/s1. The molecule has 1 amide bonds. The van der Waals surface area contributed by atoms with Crippen LogP contribution in [-0.2, 0) is 21.7 Å². The lowest BCUT2D eigenvalue weighted by molar-refractivity contribution is -0.119. The van der Waals surface area contributed by atoms with E-state index in [9.17, 15) is 13.2 Å². The number of hydrogen-bond donors (Lipinski definition) is 1. The maximum absolute atomic E-state index is 11.9. The van der Waals surface area contributed by atoms with Crippen molar-refractivity contribution in [3.8, 4) is 0 Å². The predicted molar refractivity (Wildman–Crippen MR) is 90.3 cm³/mol. The molecule has 1 atom stereocenters. The molecule has 1 aliphatic rings. The van der Waals surface area contributed by atoms with Crippen LogP contribution >= 0.6 is 11.8 Å². The largest absolute Gasteiger partial charge is 0.353 e. The molecule has 130 valence electrons. The number of aromatic nitrogens is 3. The van der Waals surface area contributed by atoms with E-state index in [4.69, 9.17) is 0 Å². The van der Waals surface area contributed by atoms with Gasteiger partial charge in [0, 0.05) is 19.0 Å². The van der Waals surface area contributed by atoms with Crippen LogP contribution in [0.4, 0.5) is 0 Å². The normalized spacial score (nSPS) is 20.1. The van der Waals surface area contributed by atoms with Crippen LogP contribution in [0.15, 0.2) is 5.16 Å². The van der Waals surface area contributed by atoms with Gasteiger partial charge in [-0.25, -0.2) is 8.42 Å². The molecule has 1 aromatic rings. The summed E-state index contributed by atoms with van der Waals surface area (Å²) in [4.78, 5) is 11.9. The van der Waals surface area contributed by atoms with E-state index in [0.717, 1.165) is 12.8 Å². The fourth-order valence-corrected chi connectivity index (χ4v) is 5.17. The van der Waals surface area contributed by atoms with Gasteiger partial charge in [-0.15, -0.1) is 10.2 Å². The number of carbonyl (C=O) groups excluding carboxylic acids is 1. The second-order valence-corrected chi connectivity index (χ2v) is 9.04. The van der Waals surface area contributed by atoms with E-state index in [2.05, 4.69) is 15.5 Å². The summed E-state index contributed by atoms with van der Waals surface area (Å²) in [6, 6.07) is 0.210. The molecule has 1 aromatic heterocycles. The number of nitrogens with zero attached hydrogens (tertiary/aromatic N) is 3. The predicted octanol–water partition coefficient (Wildman–Crippen LogP) is 1.11. The van der Waals surface area contributed by atoms with Gasteiger partial charge in [0.1, 0.15) is 5.82 Å². The molecule has 0 bridgehead atoms. The maximum atomic E-state index is 11.9. The van der Waals surface area contributed by atoms with Gasteiger partial charge >= 0.3 is 0 Å². The summed E-state index contributed by atoms with van der Waals surface area (Å²) in [6.45, 7) is 4.10. The number of thioether (sulfide) groups is 1. The first-order valence-corrected chi connectivity index (χ1v) is 10.7. The molecule has 7 nitrogen and oxygen atoms in total. The molecule has 0 aromatic carbocycles. The van der Waals surface area contributed by atoms with E-state index in [1.54, 1.807) is 4.57 Å². The molecule has 1 saturated heterocycles. The zero-order valence-electron chi connectivity index (χ0n) is 13.8. The fourth-order valence-electron chi connectivity index (χ4n) is 2.70. The van der Waals surface area contributed by atoms with Gasteiger partial charge in [-0.3, -0.25) is 4.79 Å². The van der Waals surface area contributed by atoms with Crippen LogP contribution in [0.1, 0.15) is 44.9 Å².